The molecule has 0 spiro atoms. The van der Waals surface area contributed by atoms with Crippen LogP contribution in [0.4, 0.5) is 5.69 Å². The Hall–Kier alpha value is -2.36. The first-order chi connectivity index (χ1) is 17.2. The van der Waals surface area contributed by atoms with Crippen molar-refractivity contribution in [2.45, 2.75) is 44.6 Å². The summed E-state index contributed by atoms with van der Waals surface area (Å²) in [5.41, 5.74) is 5.93. The van der Waals surface area contributed by atoms with Gasteiger partial charge in [0.1, 0.15) is 0 Å². The summed E-state index contributed by atoms with van der Waals surface area (Å²) in [6.07, 6.45) is 4.92. The molecule has 1 heterocycles. The highest BCUT2D eigenvalue weighted by molar-refractivity contribution is 7.90. The van der Waals surface area contributed by atoms with Gasteiger partial charge in [-0.1, -0.05) is 35.9 Å². The zero-order chi connectivity index (χ0) is 25.2. The molecule has 4 aliphatic carbocycles. The lowest BCUT2D eigenvalue weighted by molar-refractivity contribution is -0.147. The van der Waals surface area contributed by atoms with Crippen LogP contribution in [0.15, 0.2) is 36.4 Å². The fourth-order valence-corrected chi connectivity index (χ4v) is 9.50. The quantitative estimate of drug-likeness (QED) is 0.618. The van der Waals surface area contributed by atoms with Crippen LogP contribution in [-0.4, -0.2) is 50.2 Å². The maximum absolute atomic E-state index is 13.6. The van der Waals surface area contributed by atoms with Crippen LogP contribution in [-0.2, 0) is 19.8 Å². The second-order valence-electron chi connectivity index (χ2n) is 11.1. The van der Waals surface area contributed by atoms with E-state index in [2.05, 4.69) is 5.32 Å². The number of carbonyl (C=O) groups is 2. The van der Waals surface area contributed by atoms with Gasteiger partial charge >= 0.3 is 10.2 Å². The number of carbonyl (C=O) groups excluding carboxylic acids is 2. The van der Waals surface area contributed by atoms with Gasteiger partial charge in [-0.25, -0.2) is 0 Å². The number of primary amides is 1. The van der Waals surface area contributed by atoms with Gasteiger partial charge in [-0.15, -0.1) is 0 Å². The molecule has 2 amide bonds. The Morgan fingerprint density at radius 3 is 2.42 bits per heavy atom. The van der Waals surface area contributed by atoms with Crippen molar-refractivity contribution in [1.29, 1.82) is 0 Å². The van der Waals surface area contributed by atoms with Crippen molar-refractivity contribution in [1.82, 2.24) is 9.62 Å². The lowest BCUT2D eigenvalue weighted by Crippen LogP contribution is -2.63. The molecule has 2 aromatic rings. The van der Waals surface area contributed by atoms with E-state index < -0.39 is 15.6 Å². The third-order valence-corrected chi connectivity index (χ3v) is 11.2. The molecule has 10 heteroatoms. The van der Waals surface area contributed by atoms with Gasteiger partial charge in [0, 0.05) is 40.3 Å². The molecule has 2 atom stereocenters. The molecule has 3 N–H and O–H groups in total. The predicted octanol–water partition coefficient (Wildman–Crippen LogP) is 3.05. The first-order valence-corrected chi connectivity index (χ1v) is 14.5. The van der Waals surface area contributed by atoms with E-state index in [4.69, 9.17) is 17.3 Å². The average molecular weight is 531 g/mol. The number of nitrogens with two attached hydrogens (primary N) is 1. The highest BCUT2D eigenvalue weighted by Gasteiger charge is 2.58. The predicted molar refractivity (Wildman–Crippen MR) is 139 cm³/mol. The van der Waals surface area contributed by atoms with E-state index in [0.717, 1.165) is 42.9 Å². The van der Waals surface area contributed by atoms with Gasteiger partial charge in [0.15, 0.2) is 0 Å². The van der Waals surface area contributed by atoms with Crippen molar-refractivity contribution in [3.8, 4) is 0 Å². The fourth-order valence-electron chi connectivity index (χ4n) is 7.58. The fraction of sp³-hybridized carbons (Fsp3) is 0.538. The monoisotopic (exact) mass is 530 g/mol. The van der Waals surface area contributed by atoms with Gasteiger partial charge in [0.2, 0.25) is 11.8 Å². The summed E-state index contributed by atoms with van der Waals surface area (Å²) < 4.78 is 29.9. The summed E-state index contributed by atoms with van der Waals surface area (Å²) in [5, 5.41) is 5.28. The first-order valence-electron chi connectivity index (χ1n) is 12.7. The van der Waals surface area contributed by atoms with Gasteiger partial charge in [0.25, 0.3) is 0 Å². The minimum Gasteiger partial charge on any atom is -0.369 e. The smallest absolute Gasteiger partial charge is 0.304 e. The Bertz CT molecular complexity index is 1330. The maximum Gasteiger partial charge on any atom is 0.304 e. The minimum absolute atomic E-state index is 0.0228. The summed E-state index contributed by atoms with van der Waals surface area (Å²) in [7, 11) is -3.90. The molecule has 0 aromatic heterocycles. The van der Waals surface area contributed by atoms with Crippen LogP contribution >= 0.6 is 11.6 Å². The summed E-state index contributed by atoms with van der Waals surface area (Å²) in [4.78, 5) is 25.4. The molecular formula is C26H31ClN4O4S. The van der Waals surface area contributed by atoms with Crippen molar-refractivity contribution < 1.29 is 18.0 Å². The molecule has 8 nitrogen and oxygen atoms in total. The molecule has 5 aliphatic rings. The van der Waals surface area contributed by atoms with E-state index in [1.807, 2.05) is 24.3 Å². The molecule has 4 bridgehead atoms. The molecule has 2 unspecified atom stereocenters. The van der Waals surface area contributed by atoms with E-state index in [1.165, 1.54) is 8.61 Å². The Labute approximate surface area is 216 Å². The number of nitrogens with one attached hydrogen (secondary N) is 1. The standard InChI is InChI=1S/C26H31ClN4O4S/c27-21-6-7-22(20-5-2-1-4-19(20)21)31-9-3-8-30(36(31,34)35)15-23(32)29-24-17-10-16-11-18(24)14-26(12-16,13-17)25(28)33/h1-2,4-7,16-18,24H,3,8-15H2,(H2,28,33)(H,29,32). The van der Waals surface area contributed by atoms with E-state index in [9.17, 15) is 18.0 Å². The maximum atomic E-state index is 13.6. The topological polar surface area (TPSA) is 113 Å². The Balaban J connectivity index is 1.19. The largest absolute Gasteiger partial charge is 0.369 e. The second kappa shape index (κ2) is 8.60. The zero-order valence-electron chi connectivity index (χ0n) is 20.0. The van der Waals surface area contributed by atoms with Crippen molar-refractivity contribution in [2.24, 2.45) is 28.9 Å². The average Bonchev–Trinajstić information content (AvgIpc) is 2.83. The number of amides is 2. The van der Waals surface area contributed by atoms with Crippen LogP contribution in [0.2, 0.25) is 5.02 Å². The summed E-state index contributed by atoms with van der Waals surface area (Å²) in [5.74, 6) is 0.450. The Morgan fingerprint density at radius 1 is 1.03 bits per heavy atom. The highest BCUT2D eigenvalue weighted by atomic mass is 35.5. The Morgan fingerprint density at radius 2 is 1.72 bits per heavy atom. The van der Waals surface area contributed by atoms with Crippen molar-refractivity contribution >= 4 is 50.1 Å². The van der Waals surface area contributed by atoms with Crippen LogP contribution in [0.3, 0.4) is 0 Å². The van der Waals surface area contributed by atoms with Crippen molar-refractivity contribution in [2.75, 3.05) is 23.9 Å². The molecule has 5 fully saturated rings. The van der Waals surface area contributed by atoms with Gasteiger partial charge in [0.05, 0.1) is 12.2 Å². The normalized spacial score (nSPS) is 33.1. The van der Waals surface area contributed by atoms with Gasteiger partial charge < -0.3 is 11.1 Å². The van der Waals surface area contributed by atoms with Crippen molar-refractivity contribution in [3.05, 3.63) is 41.4 Å². The molecule has 192 valence electrons. The molecule has 2 aromatic carbocycles. The summed E-state index contributed by atoms with van der Waals surface area (Å²) in [6.45, 7) is 0.419. The molecule has 7 rings (SSSR count). The summed E-state index contributed by atoms with van der Waals surface area (Å²) >= 11 is 6.35. The molecular weight excluding hydrogens is 500 g/mol. The molecule has 36 heavy (non-hydrogen) atoms. The third kappa shape index (κ3) is 3.78. The SMILES string of the molecule is NC(=O)C12CC3CC(C1)C(NC(=O)CN1CCCN(c4ccc(Cl)c5ccccc45)S1(=O)=O)C(C3)C2. The zero-order valence-corrected chi connectivity index (χ0v) is 21.6. The Kier molecular flexibility index (Phi) is 5.73. The molecule has 1 saturated heterocycles. The highest BCUT2D eigenvalue weighted by Crippen LogP contribution is 2.59. The number of hydrogen-bond acceptors (Lipinski definition) is 4. The van der Waals surface area contributed by atoms with Crippen molar-refractivity contribution in [3.63, 3.8) is 0 Å². The number of rotatable bonds is 5. The van der Waals surface area contributed by atoms with Crippen LogP contribution in [0.25, 0.3) is 10.8 Å². The molecule has 0 radical (unpaired) electrons. The van der Waals surface area contributed by atoms with Gasteiger partial charge in [-0.2, -0.15) is 12.7 Å². The third-order valence-electron chi connectivity index (χ3n) is 8.93. The number of hydrogen-bond donors (Lipinski definition) is 2. The van der Waals surface area contributed by atoms with E-state index in [-0.39, 0.29) is 36.2 Å². The molecule has 4 saturated carbocycles. The van der Waals surface area contributed by atoms with Crippen LogP contribution in [0, 0.1) is 23.2 Å². The van der Waals surface area contributed by atoms with Crippen LogP contribution in [0.5, 0.6) is 0 Å². The number of nitrogens with zero attached hydrogens (tertiary/aromatic N) is 2. The van der Waals surface area contributed by atoms with Gasteiger partial charge in [-0.3, -0.25) is 13.9 Å². The van der Waals surface area contributed by atoms with E-state index >= 15 is 0 Å². The van der Waals surface area contributed by atoms with E-state index in [0.29, 0.717) is 36.1 Å². The lowest BCUT2D eigenvalue weighted by atomic mass is 9.47. The summed E-state index contributed by atoms with van der Waals surface area (Å²) in [6, 6.07) is 10.9. The number of halogens is 1. The van der Waals surface area contributed by atoms with Crippen LogP contribution in [0.1, 0.15) is 38.5 Å². The lowest BCUT2D eigenvalue weighted by Gasteiger charge is -2.58. The number of anilines is 1. The molecule has 1 aliphatic heterocycles. The van der Waals surface area contributed by atoms with Crippen LogP contribution < -0.4 is 15.4 Å². The van der Waals surface area contributed by atoms with Gasteiger partial charge in [-0.05, 0) is 68.4 Å². The van der Waals surface area contributed by atoms with E-state index in [1.54, 1.807) is 12.1 Å². The number of fused-ring (bicyclic) bond motifs is 1. The second-order valence-corrected chi connectivity index (χ2v) is 13.3. The first kappa shape index (κ1) is 24.0. The number of benzene rings is 2. The minimum atomic E-state index is -3.90.